The fourth-order valence-corrected chi connectivity index (χ4v) is 2.67. The molecular weight excluding hydrogens is 308 g/mol. The van der Waals surface area contributed by atoms with Crippen LogP contribution in [0.4, 0.5) is 0 Å². The number of aryl methyl sites for hydroxylation is 2. The first-order valence-corrected chi connectivity index (χ1v) is 7.66. The number of fused-ring (bicyclic) bond motifs is 1. The highest BCUT2D eigenvalue weighted by molar-refractivity contribution is 5.80. The van der Waals surface area contributed by atoms with E-state index >= 15 is 0 Å². The summed E-state index contributed by atoms with van der Waals surface area (Å²) in [5.41, 5.74) is 2.36. The first kappa shape index (κ1) is 16.0. The Hall–Kier alpha value is -2.83. The molecule has 126 valence electrons. The van der Waals surface area contributed by atoms with Crippen molar-refractivity contribution in [3.8, 4) is 17.5 Å². The molecule has 0 N–H and O–H groups in total. The summed E-state index contributed by atoms with van der Waals surface area (Å²) >= 11 is 0. The first-order valence-electron chi connectivity index (χ1n) is 7.66. The van der Waals surface area contributed by atoms with E-state index in [0.717, 1.165) is 16.7 Å². The molecule has 0 fully saturated rings. The van der Waals surface area contributed by atoms with Gasteiger partial charge in [-0.15, -0.1) is 0 Å². The number of hydrogen-bond donors (Lipinski definition) is 0. The predicted octanol–water partition coefficient (Wildman–Crippen LogP) is 2.59. The zero-order valence-corrected chi connectivity index (χ0v) is 14.4. The van der Waals surface area contributed by atoms with Crippen LogP contribution in [0.2, 0.25) is 0 Å². The van der Waals surface area contributed by atoms with Crippen molar-refractivity contribution in [3.05, 3.63) is 40.6 Å². The van der Waals surface area contributed by atoms with Crippen molar-refractivity contribution >= 4 is 11.0 Å². The van der Waals surface area contributed by atoms with Crippen LogP contribution in [-0.4, -0.2) is 26.2 Å². The fourth-order valence-electron chi connectivity index (χ4n) is 2.67. The van der Waals surface area contributed by atoms with Crippen molar-refractivity contribution in [1.29, 1.82) is 0 Å². The average Bonchev–Trinajstić information content (AvgIpc) is 2.79. The molecule has 0 aliphatic carbocycles. The Balaban J connectivity index is 2.11. The van der Waals surface area contributed by atoms with E-state index in [9.17, 15) is 4.79 Å². The maximum Gasteiger partial charge on any atom is 0.328 e. The van der Waals surface area contributed by atoms with E-state index in [1.807, 2.05) is 13.8 Å². The van der Waals surface area contributed by atoms with E-state index in [2.05, 4.69) is 9.97 Å². The second kappa shape index (κ2) is 5.99. The van der Waals surface area contributed by atoms with Crippen LogP contribution in [0.3, 0.4) is 0 Å². The molecule has 7 heteroatoms. The molecule has 3 heterocycles. The van der Waals surface area contributed by atoms with Crippen molar-refractivity contribution in [2.45, 2.75) is 19.8 Å². The molecule has 3 aromatic heterocycles. The number of ether oxygens (including phenoxy) is 2. The monoisotopic (exact) mass is 328 g/mol. The van der Waals surface area contributed by atoms with Gasteiger partial charge in [0.05, 0.1) is 30.0 Å². The van der Waals surface area contributed by atoms with E-state index < -0.39 is 0 Å². The second-order valence-electron chi connectivity index (χ2n) is 5.91. The molecule has 0 saturated heterocycles. The van der Waals surface area contributed by atoms with Gasteiger partial charge in [-0.25, -0.2) is 14.8 Å². The second-order valence-corrected chi connectivity index (χ2v) is 5.91. The lowest BCUT2D eigenvalue weighted by Gasteiger charge is -2.11. The summed E-state index contributed by atoms with van der Waals surface area (Å²) in [7, 11) is 5.06. The van der Waals surface area contributed by atoms with Crippen molar-refractivity contribution in [3.63, 3.8) is 0 Å². The minimum absolute atomic E-state index is 0.0861. The Morgan fingerprint density at radius 2 is 1.88 bits per heavy atom. The number of methoxy groups -OCH3 is 1. The van der Waals surface area contributed by atoms with Gasteiger partial charge in [0.25, 0.3) is 0 Å². The summed E-state index contributed by atoms with van der Waals surface area (Å²) in [4.78, 5) is 21.0. The smallest absolute Gasteiger partial charge is 0.328 e. The molecular formula is C17H20N4O3. The molecule has 3 aromatic rings. The third-order valence-electron chi connectivity index (χ3n) is 3.93. The summed E-state index contributed by atoms with van der Waals surface area (Å²) < 4.78 is 14.1. The van der Waals surface area contributed by atoms with Crippen molar-refractivity contribution in [2.24, 2.45) is 14.1 Å². The van der Waals surface area contributed by atoms with Crippen LogP contribution in [0.15, 0.2) is 29.2 Å². The minimum atomic E-state index is -0.0861. The quantitative estimate of drug-likeness (QED) is 0.736. The molecule has 0 bridgehead atoms. The Bertz CT molecular complexity index is 939. The molecule has 0 aromatic carbocycles. The highest BCUT2D eigenvalue weighted by Crippen LogP contribution is 2.29. The van der Waals surface area contributed by atoms with Gasteiger partial charge in [-0.05, 0) is 12.0 Å². The number of imidazole rings is 1. The van der Waals surface area contributed by atoms with Crippen LogP contribution in [-0.2, 0) is 14.1 Å². The van der Waals surface area contributed by atoms with Gasteiger partial charge < -0.3 is 9.47 Å². The van der Waals surface area contributed by atoms with Gasteiger partial charge in [0.1, 0.15) is 5.75 Å². The van der Waals surface area contributed by atoms with Crippen LogP contribution in [0.25, 0.3) is 11.0 Å². The van der Waals surface area contributed by atoms with Gasteiger partial charge in [-0.1, -0.05) is 13.8 Å². The molecule has 0 saturated carbocycles. The van der Waals surface area contributed by atoms with E-state index in [-0.39, 0.29) is 11.6 Å². The minimum Gasteiger partial charge on any atom is -0.481 e. The molecule has 7 nitrogen and oxygen atoms in total. The third-order valence-corrected chi connectivity index (χ3v) is 3.93. The summed E-state index contributed by atoms with van der Waals surface area (Å²) in [5, 5.41) is 0. The Kier molecular flexibility index (Phi) is 4.01. The van der Waals surface area contributed by atoms with Crippen LogP contribution >= 0.6 is 0 Å². The molecule has 0 spiro atoms. The van der Waals surface area contributed by atoms with Crippen molar-refractivity contribution in [1.82, 2.24) is 19.1 Å². The largest absolute Gasteiger partial charge is 0.481 e. The highest BCUT2D eigenvalue weighted by Gasteiger charge is 2.18. The van der Waals surface area contributed by atoms with E-state index in [4.69, 9.17) is 9.47 Å². The molecule has 0 radical (unpaired) electrons. The van der Waals surface area contributed by atoms with Crippen LogP contribution in [0.1, 0.15) is 25.5 Å². The molecule has 24 heavy (non-hydrogen) atoms. The topological polar surface area (TPSA) is 71.2 Å². The molecule has 0 amide bonds. The summed E-state index contributed by atoms with van der Waals surface area (Å²) in [5.74, 6) is 1.65. The lowest BCUT2D eigenvalue weighted by Crippen LogP contribution is -2.19. The normalized spacial score (nSPS) is 11.2. The zero-order chi connectivity index (χ0) is 17.4. The Labute approximate surface area is 139 Å². The van der Waals surface area contributed by atoms with Gasteiger partial charge in [0.15, 0.2) is 0 Å². The molecule has 0 unspecified atom stereocenters. The van der Waals surface area contributed by atoms with Crippen LogP contribution in [0, 0.1) is 0 Å². The molecule has 0 aliphatic rings. The van der Waals surface area contributed by atoms with Crippen LogP contribution in [0.5, 0.6) is 17.5 Å². The lowest BCUT2D eigenvalue weighted by atomic mass is 10.1. The SMILES string of the molecule is COc1ccc(Oc2cc3c(c(C(C)C)n2)n(C)c(=O)n3C)cn1. The maximum absolute atomic E-state index is 12.2. The van der Waals surface area contributed by atoms with Gasteiger partial charge >= 0.3 is 5.69 Å². The fraction of sp³-hybridized carbons (Fsp3) is 0.353. The lowest BCUT2D eigenvalue weighted by molar-refractivity contribution is 0.394. The zero-order valence-electron chi connectivity index (χ0n) is 14.4. The average molecular weight is 328 g/mol. The summed E-state index contributed by atoms with van der Waals surface area (Å²) in [6, 6.07) is 5.25. The number of nitrogens with zero attached hydrogens (tertiary/aromatic N) is 4. The van der Waals surface area contributed by atoms with Gasteiger partial charge in [0.2, 0.25) is 11.8 Å². The predicted molar refractivity (Wildman–Crippen MR) is 90.9 cm³/mol. The van der Waals surface area contributed by atoms with Gasteiger partial charge in [0, 0.05) is 26.2 Å². The number of rotatable bonds is 4. The first-order chi connectivity index (χ1) is 11.4. The molecule has 0 aliphatic heterocycles. The Morgan fingerprint density at radius 3 is 2.46 bits per heavy atom. The summed E-state index contributed by atoms with van der Waals surface area (Å²) in [6.45, 7) is 4.08. The Morgan fingerprint density at radius 1 is 1.12 bits per heavy atom. The van der Waals surface area contributed by atoms with Gasteiger partial charge in [-0.3, -0.25) is 9.13 Å². The maximum atomic E-state index is 12.2. The van der Waals surface area contributed by atoms with E-state index in [0.29, 0.717) is 17.5 Å². The number of hydrogen-bond acceptors (Lipinski definition) is 5. The van der Waals surface area contributed by atoms with Crippen LogP contribution < -0.4 is 15.2 Å². The number of aromatic nitrogens is 4. The van der Waals surface area contributed by atoms with Crippen molar-refractivity contribution in [2.75, 3.05) is 7.11 Å². The molecule has 0 atom stereocenters. The van der Waals surface area contributed by atoms with E-state index in [1.54, 1.807) is 54.7 Å². The van der Waals surface area contributed by atoms with Crippen molar-refractivity contribution < 1.29 is 9.47 Å². The highest BCUT2D eigenvalue weighted by atomic mass is 16.5. The van der Waals surface area contributed by atoms with E-state index in [1.165, 1.54) is 0 Å². The number of pyridine rings is 2. The van der Waals surface area contributed by atoms with Gasteiger partial charge in [-0.2, -0.15) is 0 Å². The molecule has 3 rings (SSSR count). The standard InChI is InChI=1S/C17H20N4O3/c1-10(2)15-16-12(20(3)17(22)21(16)4)8-14(19-15)24-11-6-7-13(23-5)18-9-11/h6-10H,1-5H3. The third kappa shape index (κ3) is 2.62. The summed E-state index contributed by atoms with van der Waals surface area (Å²) in [6.07, 6.45) is 1.57.